The molecule has 3 heterocycles. The zero-order valence-corrected chi connectivity index (χ0v) is 14.9. The highest BCUT2D eigenvalue weighted by Gasteiger charge is 2.24. The topological polar surface area (TPSA) is 91.0 Å². The number of hydrogen-bond acceptors (Lipinski definition) is 5. The van der Waals surface area contributed by atoms with Crippen LogP contribution in [0.15, 0.2) is 12.4 Å². The van der Waals surface area contributed by atoms with Crippen molar-refractivity contribution >= 4 is 26.9 Å². The van der Waals surface area contributed by atoms with Crippen LogP contribution in [0, 0.1) is 17.8 Å². The maximum Gasteiger partial charge on any atom is 0.208 e. The molecule has 0 bridgehead atoms. The molecule has 0 atom stereocenters. The van der Waals surface area contributed by atoms with E-state index < -0.39 is 10.0 Å². The van der Waals surface area contributed by atoms with Crippen molar-refractivity contribution in [1.29, 1.82) is 0 Å². The summed E-state index contributed by atoms with van der Waals surface area (Å²) in [6, 6.07) is 2.01. The molecule has 132 valence electrons. The molecule has 0 amide bonds. The highest BCUT2D eigenvalue weighted by molar-refractivity contribution is 7.88. The van der Waals surface area contributed by atoms with Crippen LogP contribution >= 0.6 is 0 Å². The number of H-pyrrole nitrogens is 1. The molecule has 1 aliphatic carbocycles. The molecular weight excluding hydrogens is 338 g/mol. The second kappa shape index (κ2) is 6.32. The Balaban J connectivity index is 1.52. The lowest BCUT2D eigenvalue weighted by Gasteiger charge is -2.32. The van der Waals surface area contributed by atoms with Gasteiger partial charge in [0.2, 0.25) is 10.0 Å². The molecule has 8 heteroatoms. The number of rotatable bonds is 3. The number of aromatic amines is 1. The van der Waals surface area contributed by atoms with Gasteiger partial charge in [0.15, 0.2) is 0 Å². The third-order valence-corrected chi connectivity index (χ3v) is 5.33. The Morgan fingerprint density at radius 3 is 2.68 bits per heavy atom. The Labute approximate surface area is 147 Å². The molecule has 25 heavy (non-hydrogen) atoms. The Hall–Kier alpha value is -2.11. The summed E-state index contributed by atoms with van der Waals surface area (Å²) in [5.74, 6) is 7.88. The van der Waals surface area contributed by atoms with E-state index in [0.29, 0.717) is 5.92 Å². The number of nitrogens with zero attached hydrogens (tertiary/aromatic N) is 3. The smallest absolute Gasteiger partial charge is 0.208 e. The molecule has 0 unspecified atom stereocenters. The quantitative estimate of drug-likeness (QED) is 0.805. The van der Waals surface area contributed by atoms with Crippen LogP contribution < -0.4 is 9.62 Å². The van der Waals surface area contributed by atoms with Crippen molar-refractivity contribution in [2.75, 3.05) is 24.2 Å². The summed E-state index contributed by atoms with van der Waals surface area (Å²) in [6.45, 7) is 1.52. The Morgan fingerprint density at radius 1 is 1.24 bits per heavy atom. The summed E-state index contributed by atoms with van der Waals surface area (Å²) in [6.07, 6.45) is 6.70. The summed E-state index contributed by atoms with van der Waals surface area (Å²) in [4.78, 5) is 14.2. The first kappa shape index (κ1) is 16.4. The molecule has 0 spiro atoms. The van der Waals surface area contributed by atoms with E-state index in [1.54, 1.807) is 6.33 Å². The molecule has 2 aromatic rings. The number of nitrogens with one attached hydrogen (secondary N) is 2. The van der Waals surface area contributed by atoms with Gasteiger partial charge in [-0.3, -0.25) is 0 Å². The van der Waals surface area contributed by atoms with Crippen molar-refractivity contribution in [3.05, 3.63) is 18.1 Å². The van der Waals surface area contributed by atoms with Crippen LogP contribution in [-0.4, -0.2) is 48.8 Å². The van der Waals surface area contributed by atoms with E-state index >= 15 is 0 Å². The fourth-order valence-electron chi connectivity index (χ4n) is 3.17. The number of aromatic nitrogens is 3. The van der Waals surface area contributed by atoms with Gasteiger partial charge in [-0.25, -0.2) is 23.1 Å². The van der Waals surface area contributed by atoms with Gasteiger partial charge in [0.25, 0.3) is 0 Å². The first-order chi connectivity index (χ1) is 12.0. The Bertz CT molecular complexity index is 944. The van der Waals surface area contributed by atoms with Gasteiger partial charge in [0, 0.05) is 25.0 Å². The first-order valence-electron chi connectivity index (χ1n) is 8.55. The molecule has 2 fully saturated rings. The van der Waals surface area contributed by atoms with E-state index in [-0.39, 0.29) is 6.04 Å². The van der Waals surface area contributed by atoms with Crippen LogP contribution in [0.4, 0.5) is 5.82 Å². The Morgan fingerprint density at radius 2 is 2.00 bits per heavy atom. The fraction of sp³-hybridized carbons (Fsp3) is 0.529. The second-order valence-corrected chi connectivity index (χ2v) is 8.62. The lowest BCUT2D eigenvalue weighted by atomic mass is 10.1. The number of fused-ring (bicyclic) bond motifs is 1. The van der Waals surface area contributed by atoms with E-state index in [9.17, 15) is 8.42 Å². The highest BCUT2D eigenvalue weighted by Crippen LogP contribution is 2.29. The van der Waals surface area contributed by atoms with Gasteiger partial charge in [0.1, 0.15) is 17.8 Å². The van der Waals surface area contributed by atoms with Gasteiger partial charge in [-0.1, -0.05) is 5.92 Å². The van der Waals surface area contributed by atoms with Crippen LogP contribution in [0.5, 0.6) is 0 Å². The maximum atomic E-state index is 11.4. The SMILES string of the molecule is CS(=O)(=O)NC1CCN(c2ncnc3[nH]c(C#CC4CC4)cc23)CC1. The van der Waals surface area contributed by atoms with Crippen molar-refractivity contribution < 1.29 is 8.42 Å². The van der Waals surface area contributed by atoms with Crippen LogP contribution in [-0.2, 0) is 10.0 Å². The summed E-state index contributed by atoms with van der Waals surface area (Å²) < 4.78 is 25.5. The molecule has 2 aliphatic rings. The summed E-state index contributed by atoms with van der Waals surface area (Å²) in [5.41, 5.74) is 1.67. The monoisotopic (exact) mass is 359 g/mol. The predicted octanol–water partition coefficient (Wildman–Crippen LogP) is 1.24. The average molecular weight is 359 g/mol. The molecule has 0 aromatic carbocycles. The predicted molar refractivity (Wildman–Crippen MR) is 96.7 cm³/mol. The Kier molecular flexibility index (Phi) is 4.13. The molecule has 2 N–H and O–H groups in total. The van der Waals surface area contributed by atoms with E-state index in [1.165, 1.54) is 19.1 Å². The van der Waals surface area contributed by atoms with Crippen molar-refractivity contribution in [3.8, 4) is 11.8 Å². The second-order valence-electron chi connectivity index (χ2n) is 6.84. The molecule has 1 saturated carbocycles. The van der Waals surface area contributed by atoms with Crippen LogP contribution in [0.3, 0.4) is 0 Å². The van der Waals surface area contributed by atoms with E-state index in [4.69, 9.17) is 0 Å². The summed E-state index contributed by atoms with van der Waals surface area (Å²) in [5, 5.41) is 0.970. The standard InChI is InChI=1S/C17H21N5O2S/c1-25(23,24)21-13-6-8-22(9-7-13)17-15-10-14(5-4-12-2-3-12)20-16(15)18-11-19-17/h10-13,21H,2-3,6-9H2,1H3,(H,18,19,20). The van der Waals surface area contributed by atoms with Crippen molar-refractivity contribution in [2.45, 2.75) is 31.7 Å². The summed E-state index contributed by atoms with van der Waals surface area (Å²) >= 11 is 0. The van der Waals surface area contributed by atoms with Gasteiger partial charge >= 0.3 is 0 Å². The average Bonchev–Trinajstić information content (AvgIpc) is 3.29. The van der Waals surface area contributed by atoms with Crippen molar-refractivity contribution in [2.24, 2.45) is 5.92 Å². The maximum absolute atomic E-state index is 11.4. The van der Waals surface area contributed by atoms with Gasteiger partial charge in [-0.15, -0.1) is 0 Å². The molecular formula is C17H21N5O2S. The molecule has 1 saturated heterocycles. The number of anilines is 1. The van der Waals surface area contributed by atoms with Crippen molar-refractivity contribution in [1.82, 2.24) is 19.7 Å². The minimum Gasteiger partial charge on any atom is -0.356 e. The number of hydrogen-bond donors (Lipinski definition) is 2. The zero-order valence-electron chi connectivity index (χ0n) is 14.1. The van der Waals surface area contributed by atoms with Gasteiger partial charge in [-0.2, -0.15) is 0 Å². The first-order valence-corrected chi connectivity index (χ1v) is 10.4. The van der Waals surface area contributed by atoms with Crippen LogP contribution in [0.25, 0.3) is 11.0 Å². The molecule has 4 rings (SSSR count). The molecule has 7 nitrogen and oxygen atoms in total. The highest BCUT2D eigenvalue weighted by atomic mass is 32.2. The number of sulfonamides is 1. The molecule has 0 radical (unpaired) electrons. The van der Waals surface area contributed by atoms with E-state index in [0.717, 1.165) is 48.5 Å². The minimum atomic E-state index is -3.16. The summed E-state index contributed by atoms with van der Waals surface area (Å²) in [7, 11) is -3.16. The normalized spacial score (nSPS) is 19.0. The lowest BCUT2D eigenvalue weighted by molar-refractivity contribution is 0.460. The zero-order chi connectivity index (χ0) is 17.4. The molecule has 2 aromatic heterocycles. The van der Waals surface area contributed by atoms with E-state index in [2.05, 4.69) is 36.4 Å². The van der Waals surface area contributed by atoms with Gasteiger partial charge in [-0.05, 0) is 37.7 Å². The fourth-order valence-corrected chi connectivity index (χ4v) is 4.01. The lowest BCUT2D eigenvalue weighted by Crippen LogP contribution is -2.44. The van der Waals surface area contributed by atoms with Crippen LogP contribution in [0.1, 0.15) is 31.4 Å². The number of piperidine rings is 1. The largest absolute Gasteiger partial charge is 0.356 e. The molecule has 1 aliphatic heterocycles. The minimum absolute atomic E-state index is 0.00484. The van der Waals surface area contributed by atoms with Crippen molar-refractivity contribution in [3.63, 3.8) is 0 Å². The third kappa shape index (κ3) is 3.94. The van der Waals surface area contributed by atoms with Gasteiger partial charge in [0.05, 0.1) is 17.3 Å². The van der Waals surface area contributed by atoms with Gasteiger partial charge < -0.3 is 9.88 Å². The third-order valence-electron chi connectivity index (χ3n) is 4.57. The van der Waals surface area contributed by atoms with E-state index in [1.807, 2.05) is 6.07 Å². The van der Waals surface area contributed by atoms with Crippen LogP contribution in [0.2, 0.25) is 0 Å².